The van der Waals surface area contributed by atoms with Crippen LogP contribution in [0.2, 0.25) is 0 Å². The zero-order chi connectivity index (χ0) is 25.5. The number of esters is 2. The van der Waals surface area contributed by atoms with Crippen molar-refractivity contribution >= 4 is 40.4 Å². The summed E-state index contributed by atoms with van der Waals surface area (Å²) in [6, 6.07) is 32.7. The zero-order valence-corrected chi connectivity index (χ0v) is 21.2. The molecule has 5 nitrogen and oxygen atoms in total. The van der Waals surface area contributed by atoms with E-state index in [1.807, 2.05) is 91.0 Å². The summed E-state index contributed by atoms with van der Waals surface area (Å²) >= 11 is 0. The largest absolute Gasteiger partial charge is 0.503 e. The molecule has 0 aliphatic rings. The third-order valence-electron chi connectivity index (χ3n) is 5.89. The molecular weight excluding hydrogens is 471 g/mol. The minimum Gasteiger partial charge on any atom is -0.503 e. The van der Waals surface area contributed by atoms with E-state index in [1.54, 1.807) is 19.9 Å². The summed E-state index contributed by atoms with van der Waals surface area (Å²) in [4.78, 5) is 25.9. The average molecular weight is 500 g/mol. The van der Waals surface area contributed by atoms with Gasteiger partial charge in [0.1, 0.15) is 28.7 Å². The van der Waals surface area contributed by atoms with Gasteiger partial charge in [-0.05, 0) is 62.4 Å². The van der Waals surface area contributed by atoms with Gasteiger partial charge in [0.25, 0.3) is 0 Å². The van der Waals surface area contributed by atoms with Crippen molar-refractivity contribution in [3.8, 4) is 5.75 Å². The highest BCUT2D eigenvalue weighted by Crippen LogP contribution is 2.56. The van der Waals surface area contributed by atoms with E-state index >= 15 is 0 Å². The lowest BCUT2D eigenvalue weighted by Gasteiger charge is -2.28. The maximum absolute atomic E-state index is 13.0. The third kappa shape index (κ3) is 4.62. The Labute approximate surface area is 211 Å². The van der Waals surface area contributed by atoms with Gasteiger partial charge in [0, 0.05) is 0 Å². The highest BCUT2D eigenvalue weighted by Gasteiger charge is 2.51. The summed E-state index contributed by atoms with van der Waals surface area (Å²) in [5.41, 5.74) is 0.115. The molecule has 0 unspecified atom stereocenters. The number of carbonyl (C=O) groups is 2. The Hall–Kier alpha value is -3.95. The van der Waals surface area contributed by atoms with E-state index < -0.39 is 19.2 Å². The second kappa shape index (κ2) is 11.2. The third-order valence-corrected chi connectivity index (χ3v) is 10.2. The first kappa shape index (κ1) is 25.2. The van der Waals surface area contributed by atoms with Gasteiger partial charge in [-0.15, -0.1) is 0 Å². The van der Waals surface area contributed by atoms with E-state index in [-0.39, 0.29) is 30.1 Å². The summed E-state index contributed by atoms with van der Waals surface area (Å²) in [5.74, 6) is -1.47. The van der Waals surface area contributed by atoms with Gasteiger partial charge in [0.2, 0.25) is 0 Å². The zero-order valence-electron chi connectivity index (χ0n) is 20.3. The number of hydrogen-bond donors (Lipinski definition) is 1. The maximum atomic E-state index is 13.0. The highest BCUT2D eigenvalue weighted by atomic mass is 31.2. The summed E-state index contributed by atoms with van der Waals surface area (Å²) in [6.07, 6.45) is 0. The molecule has 1 N–H and O–H groups in total. The van der Waals surface area contributed by atoms with E-state index in [0.29, 0.717) is 5.30 Å². The van der Waals surface area contributed by atoms with Crippen LogP contribution in [-0.4, -0.2) is 30.3 Å². The molecule has 0 atom stereocenters. The maximum Gasteiger partial charge on any atom is 0.342 e. The first-order valence-corrected chi connectivity index (χ1v) is 13.6. The molecule has 0 aliphatic carbocycles. The summed E-state index contributed by atoms with van der Waals surface area (Å²) in [7, 11) is -2.78. The van der Waals surface area contributed by atoms with E-state index in [0.717, 1.165) is 15.9 Å². The van der Waals surface area contributed by atoms with Crippen molar-refractivity contribution in [1.82, 2.24) is 0 Å². The molecule has 0 saturated heterocycles. The molecule has 0 aliphatic heterocycles. The first-order chi connectivity index (χ1) is 17.5. The van der Waals surface area contributed by atoms with E-state index in [9.17, 15) is 14.7 Å². The fraction of sp³-hybridized carbons (Fsp3) is 0.133. The number of benzene rings is 4. The Morgan fingerprint density at radius 1 is 0.667 bits per heavy atom. The molecule has 36 heavy (non-hydrogen) atoms. The van der Waals surface area contributed by atoms with Crippen LogP contribution in [0.25, 0.3) is 0 Å². The standard InChI is InChI=1S/C30H27O5P/c1-3-34-29(32)22-20-26(30(33)35-4-2)28(31)27(21-22)36(23-14-8-5-9-15-23,24-16-10-6-11-17-24)25-18-12-7-13-19-25/h5-21H,3-4H2,1-2H3/p+1. The highest BCUT2D eigenvalue weighted by molar-refractivity contribution is 8.01. The number of aromatic hydroxyl groups is 1. The van der Waals surface area contributed by atoms with Crippen molar-refractivity contribution in [3.05, 3.63) is 114 Å². The van der Waals surface area contributed by atoms with E-state index in [2.05, 4.69) is 0 Å². The fourth-order valence-corrected chi connectivity index (χ4v) is 8.75. The van der Waals surface area contributed by atoms with Gasteiger partial charge < -0.3 is 14.6 Å². The molecule has 0 fully saturated rings. The van der Waals surface area contributed by atoms with Gasteiger partial charge in [0.05, 0.1) is 18.8 Å². The van der Waals surface area contributed by atoms with Crippen LogP contribution in [0, 0.1) is 0 Å². The average Bonchev–Trinajstić information content (AvgIpc) is 2.92. The fourth-order valence-electron chi connectivity index (χ4n) is 4.39. The van der Waals surface area contributed by atoms with Gasteiger partial charge in [-0.25, -0.2) is 9.59 Å². The minimum absolute atomic E-state index is 0.0652. The van der Waals surface area contributed by atoms with Crippen LogP contribution in [-0.2, 0) is 9.47 Å². The Kier molecular flexibility index (Phi) is 7.82. The molecule has 0 spiro atoms. The Morgan fingerprint density at radius 2 is 1.08 bits per heavy atom. The second-order valence-electron chi connectivity index (χ2n) is 8.01. The van der Waals surface area contributed by atoms with Gasteiger partial charge in [0.15, 0.2) is 11.1 Å². The topological polar surface area (TPSA) is 72.8 Å². The van der Waals surface area contributed by atoms with Gasteiger partial charge in [-0.3, -0.25) is 0 Å². The Bertz CT molecular complexity index is 1240. The number of phenols is 1. The monoisotopic (exact) mass is 499 g/mol. The van der Waals surface area contributed by atoms with Crippen molar-refractivity contribution in [1.29, 1.82) is 0 Å². The molecule has 0 heterocycles. The van der Waals surface area contributed by atoms with Crippen molar-refractivity contribution in [3.63, 3.8) is 0 Å². The molecule has 4 aromatic carbocycles. The van der Waals surface area contributed by atoms with Gasteiger partial charge in [-0.2, -0.15) is 0 Å². The smallest absolute Gasteiger partial charge is 0.342 e. The number of carbonyl (C=O) groups excluding carboxylic acids is 2. The quantitative estimate of drug-likeness (QED) is 0.288. The number of rotatable bonds is 8. The molecule has 0 radical (unpaired) electrons. The van der Waals surface area contributed by atoms with Crippen molar-refractivity contribution < 1.29 is 24.2 Å². The van der Waals surface area contributed by atoms with Gasteiger partial charge in [-0.1, -0.05) is 54.6 Å². The normalized spacial score (nSPS) is 11.1. The summed E-state index contributed by atoms with van der Waals surface area (Å²) < 4.78 is 10.5. The molecule has 182 valence electrons. The van der Waals surface area contributed by atoms with Crippen LogP contribution >= 0.6 is 7.26 Å². The molecule has 4 aromatic rings. The lowest BCUT2D eigenvalue weighted by molar-refractivity contribution is 0.0523. The predicted molar refractivity (Wildman–Crippen MR) is 145 cm³/mol. The van der Waals surface area contributed by atoms with Gasteiger partial charge >= 0.3 is 11.9 Å². The lowest BCUT2D eigenvalue weighted by Crippen LogP contribution is -2.39. The number of phenolic OH excluding ortho intramolecular Hbond substituents is 1. The predicted octanol–water partition coefficient (Wildman–Crippen LogP) is 4.37. The number of ether oxygens (including phenoxy) is 2. The van der Waals surface area contributed by atoms with Crippen LogP contribution in [0.4, 0.5) is 0 Å². The lowest BCUT2D eigenvalue weighted by atomic mass is 10.1. The Balaban J connectivity index is 2.18. The minimum atomic E-state index is -2.78. The van der Waals surface area contributed by atoms with Crippen LogP contribution < -0.4 is 21.2 Å². The molecule has 4 rings (SSSR count). The first-order valence-electron chi connectivity index (χ1n) is 11.8. The van der Waals surface area contributed by atoms with Crippen molar-refractivity contribution in [2.45, 2.75) is 13.8 Å². The van der Waals surface area contributed by atoms with Crippen LogP contribution in [0.1, 0.15) is 34.6 Å². The van der Waals surface area contributed by atoms with Crippen molar-refractivity contribution in [2.75, 3.05) is 13.2 Å². The molecule has 0 saturated carbocycles. The van der Waals surface area contributed by atoms with E-state index in [4.69, 9.17) is 9.47 Å². The summed E-state index contributed by atoms with van der Waals surface area (Å²) in [6.45, 7) is 3.73. The van der Waals surface area contributed by atoms with E-state index in [1.165, 1.54) is 6.07 Å². The van der Waals surface area contributed by atoms with Crippen LogP contribution in [0.15, 0.2) is 103 Å². The van der Waals surface area contributed by atoms with Crippen LogP contribution in [0.5, 0.6) is 5.75 Å². The molecule has 0 aromatic heterocycles. The molecule has 0 bridgehead atoms. The second-order valence-corrected chi connectivity index (χ2v) is 11.4. The SMILES string of the molecule is CCOC(=O)c1cc(C(=O)OCC)c(O)c([P+](c2ccccc2)(c2ccccc2)c2ccccc2)c1. The van der Waals surface area contributed by atoms with Crippen molar-refractivity contribution in [2.24, 2.45) is 0 Å². The number of hydrogen-bond acceptors (Lipinski definition) is 5. The molecule has 0 amide bonds. The molecular formula is C30H28O5P+. The Morgan fingerprint density at radius 3 is 1.50 bits per heavy atom. The molecule has 6 heteroatoms. The van der Waals surface area contributed by atoms with Crippen LogP contribution in [0.3, 0.4) is 0 Å². The summed E-state index contributed by atoms with van der Waals surface area (Å²) in [5, 5.41) is 15.1.